The Hall–Kier alpha value is -3.18. The maximum Gasteiger partial charge on any atom is 0.341 e. The minimum absolute atomic E-state index is 0.0594. The maximum atomic E-state index is 12.7. The van der Waals surface area contributed by atoms with Gasteiger partial charge in [0.05, 0.1) is 22.8 Å². The van der Waals surface area contributed by atoms with Crippen molar-refractivity contribution in [2.45, 2.75) is 37.3 Å². The van der Waals surface area contributed by atoms with Gasteiger partial charge >= 0.3 is 5.97 Å². The zero-order valence-corrected chi connectivity index (χ0v) is 20.7. The van der Waals surface area contributed by atoms with Crippen molar-refractivity contribution in [2.75, 3.05) is 17.7 Å². The zero-order chi connectivity index (χ0) is 24.4. The van der Waals surface area contributed by atoms with Crippen molar-refractivity contribution in [2.24, 2.45) is 12.8 Å². The van der Waals surface area contributed by atoms with Crippen molar-refractivity contribution >= 4 is 45.9 Å². The number of thiophene rings is 1. The molecule has 0 spiro atoms. The standard InChI is InChI=1S/C23H25N5O4S2/c1-4-32-22(31)17-12(2)18(19(24)30)34-21(17)25-16(29)11-33-23-27-26-20(28(23)3)15-10-14(15)13-8-6-5-7-9-13/h5-9,14-15H,4,10-11H2,1-3H3,(H2,24,30)(H,25,29). The number of nitrogens with zero attached hydrogens (tertiary/aromatic N) is 3. The number of hydrogen-bond acceptors (Lipinski definition) is 8. The van der Waals surface area contributed by atoms with E-state index in [1.54, 1.807) is 13.8 Å². The molecule has 1 aliphatic carbocycles. The molecule has 2 unspecified atom stereocenters. The number of nitrogens with two attached hydrogens (primary N) is 1. The molecule has 2 heterocycles. The second-order valence-electron chi connectivity index (χ2n) is 7.94. The molecule has 1 aliphatic rings. The molecule has 2 atom stereocenters. The van der Waals surface area contributed by atoms with E-state index in [1.807, 2.05) is 29.8 Å². The van der Waals surface area contributed by atoms with Crippen LogP contribution < -0.4 is 11.1 Å². The van der Waals surface area contributed by atoms with Gasteiger partial charge in [0.25, 0.3) is 5.91 Å². The average Bonchev–Trinajstić information content (AvgIpc) is 3.41. The van der Waals surface area contributed by atoms with Crippen molar-refractivity contribution < 1.29 is 19.1 Å². The molecule has 4 rings (SSSR count). The summed E-state index contributed by atoms with van der Waals surface area (Å²) in [6.45, 7) is 3.46. The summed E-state index contributed by atoms with van der Waals surface area (Å²) in [4.78, 5) is 37.0. The number of carbonyl (C=O) groups is 3. The van der Waals surface area contributed by atoms with E-state index in [4.69, 9.17) is 10.5 Å². The predicted molar refractivity (Wildman–Crippen MR) is 130 cm³/mol. The Balaban J connectivity index is 1.41. The number of anilines is 1. The van der Waals surface area contributed by atoms with Crippen LogP contribution >= 0.6 is 23.1 Å². The number of amides is 2. The highest BCUT2D eigenvalue weighted by Gasteiger charge is 2.43. The van der Waals surface area contributed by atoms with Crippen molar-refractivity contribution in [3.63, 3.8) is 0 Å². The first-order valence-electron chi connectivity index (χ1n) is 10.8. The summed E-state index contributed by atoms with van der Waals surface area (Å²) < 4.78 is 7.00. The van der Waals surface area contributed by atoms with Gasteiger partial charge in [0.2, 0.25) is 5.91 Å². The summed E-state index contributed by atoms with van der Waals surface area (Å²) in [7, 11) is 1.90. The van der Waals surface area contributed by atoms with Crippen LogP contribution in [-0.4, -0.2) is 44.9 Å². The topological polar surface area (TPSA) is 129 Å². The lowest BCUT2D eigenvalue weighted by molar-refractivity contribution is -0.113. The molecule has 3 aromatic rings. The number of thioether (sulfide) groups is 1. The average molecular weight is 500 g/mol. The molecule has 1 aromatic carbocycles. The molecule has 0 aliphatic heterocycles. The van der Waals surface area contributed by atoms with Crippen LogP contribution in [0.1, 0.15) is 62.2 Å². The first-order chi connectivity index (χ1) is 16.3. The van der Waals surface area contributed by atoms with Gasteiger partial charge in [-0.25, -0.2) is 4.79 Å². The highest BCUT2D eigenvalue weighted by atomic mass is 32.2. The van der Waals surface area contributed by atoms with Gasteiger partial charge in [-0.3, -0.25) is 9.59 Å². The Labute approximate surface area is 205 Å². The van der Waals surface area contributed by atoms with Crippen LogP contribution in [0.5, 0.6) is 0 Å². The fourth-order valence-corrected chi connectivity index (χ4v) is 5.68. The number of aromatic nitrogens is 3. The van der Waals surface area contributed by atoms with Gasteiger partial charge in [-0.1, -0.05) is 42.1 Å². The second-order valence-corrected chi connectivity index (χ2v) is 9.90. The maximum absolute atomic E-state index is 12.7. The minimum atomic E-state index is -0.664. The fraction of sp³-hybridized carbons (Fsp3) is 0.348. The molecule has 1 saturated carbocycles. The van der Waals surface area contributed by atoms with E-state index >= 15 is 0 Å². The van der Waals surface area contributed by atoms with Crippen molar-refractivity contribution in [1.82, 2.24) is 14.8 Å². The van der Waals surface area contributed by atoms with Crippen molar-refractivity contribution in [3.05, 3.63) is 57.7 Å². The van der Waals surface area contributed by atoms with Crippen LogP contribution in [-0.2, 0) is 16.6 Å². The first kappa shape index (κ1) is 24.0. The van der Waals surface area contributed by atoms with Crippen LogP contribution in [0.15, 0.2) is 35.5 Å². The van der Waals surface area contributed by atoms with E-state index in [0.717, 1.165) is 23.6 Å². The van der Waals surface area contributed by atoms with Gasteiger partial charge in [-0.15, -0.1) is 21.5 Å². The van der Waals surface area contributed by atoms with Gasteiger partial charge in [0.1, 0.15) is 10.8 Å². The third-order valence-electron chi connectivity index (χ3n) is 5.65. The van der Waals surface area contributed by atoms with E-state index in [9.17, 15) is 14.4 Å². The van der Waals surface area contributed by atoms with Crippen LogP contribution in [0.3, 0.4) is 0 Å². The number of hydrogen-bond donors (Lipinski definition) is 2. The van der Waals surface area contributed by atoms with Crippen LogP contribution in [0.25, 0.3) is 0 Å². The molecule has 0 bridgehead atoms. The molecule has 1 fully saturated rings. The Morgan fingerprint density at radius 2 is 1.97 bits per heavy atom. The Morgan fingerprint density at radius 3 is 2.65 bits per heavy atom. The minimum Gasteiger partial charge on any atom is -0.462 e. The molecule has 0 radical (unpaired) electrons. The van der Waals surface area contributed by atoms with Gasteiger partial charge < -0.3 is 20.4 Å². The van der Waals surface area contributed by atoms with Gasteiger partial charge in [0, 0.05) is 13.0 Å². The number of carbonyl (C=O) groups excluding carboxylic acids is 3. The Morgan fingerprint density at radius 1 is 1.24 bits per heavy atom. The monoisotopic (exact) mass is 499 g/mol. The normalized spacial score (nSPS) is 16.8. The van der Waals surface area contributed by atoms with Crippen molar-refractivity contribution in [1.29, 1.82) is 0 Å². The quantitative estimate of drug-likeness (QED) is 0.341. The molecule has 2 amide bonds. The highest BCUT2D eigenvalue weighted by molar-refractivity contribution is 7.99. The van der Waals surface area contributed by atoms with Gasteiger partial charge in [0.15, 0.2) is 5.16 Å². The van der Waals surface area contributed by atoms with E-state index in [0.29, 0.717) is 22.6 Å². The summed E-state index contributed by atoms with van der Waals surface area (Å²) in [6, 6.07) is 10.3. The molecule has 0 saturated heterocycles. The predicted octanol–water partition coefficient (Wildman–Crippen LogP) is 3.46. The number of ether oxygens (including phenoxy) is 1. The smallest absolute Gasteiger partial charge is 0.341 e. The number of rotatable bonds is 9. The molecule has 9 nitrogen and oxygen atoms in total. The lowest BCUT2D eigenvalue weighted by atomic mass is 10.1. The largest absolute Gasteiger partial charge is 0.462 e. The molecular formula is C23H25N5O4S2. The third-order valence-corrected chi connectivity index (χ3v) is 7.90. The van der Waals surface area contributed by atoms with Gasteiger partial charge in [-0.2, -0.15) is 0 Å². The molecular weight excluding hydrogens is 474 g/mol. The Kier molecular flexibility index (Phi) is 7.03. The molecule has 178 valence electrons. The van der Waals surface area contributed by atoms with Crippen molar-refractivity contribution in [3.8, 4) is 0 Å². The van der Waals surface area contributed by atoms with E-state index in [2.05, 4.69) is 27.6 Å². The van der Waals surface area contributed by atoms with Crippen LogP contribution in [0.2, 0.25) is 0 Å². The summed E-state index contributed by atoms with van der Waals surface area (Å²) in [5.41, 5.74) is 7.26. The summed E-state index contributed by atoms with van der Waals surface area (Å²) in [6.07, 6.45) is 1.03. The van der Waals surface area contributed by atoms with Crippen LogP contribution in [0.4, 0.5) is 5.00 Å². The molecule has 11 heteroatoms. The molecule has 2 aromatic heterocycles. The second kappa shape index (κ2) is 9.98. The lowest BCUT2D eigenvalue weighted by Gasteiger charge is -2.07. The van der Waals surface area contributed by atoms with Gasteiger partial charge in [-0.05, 0) is 37.3 Å². The van der Waals surface area contributed by atoms with E-state index < -0.39 is 11.9 Å². The van der Waals surface area contributed by atoms with E-state index in [-0.39, 0.29) is 33.7 Å². The Bertz CT molecular complexity index is 1240. The fourth-order valence-electron chi connectivity index (χ4n) is 3.90. The molecule has 3 N–H and O–H groups in total. The molecule has 34 heavy (non-hydrogen) atoms. The lowest BCUT2D eigenvalue weighted by Crippen LogP contribution is -2.17. The summed E-state index contributed by atoms with van der Waals surface area (Å²) in [5, 5.41) is 12.2. The van der Waals surface area contributed by atoms with Crippen LogP contribution in [0, 0.1) is 6.92 Å². The SMILES string of the molecule is CCOC(=O)c1c(NC(=O)CSc2nnc(C3CC3c3ccccc3)n2C)sc(C(N)=O)c1C. The zero-order valence-electron chi connectivity index (χ0n) is 19.0. The number of nitrogens with one attached hydrogen (secondary N) is 1. The number of benzene rings is 1. The van der Waals surface area contributed by atoms with E-state index in [1.165, 1.54) is 17.3 Å². The number of primary amides is 1. The summed E-state index contributed by atoms with van der Waals surface area (Å²) in [5.74, 6) is 0.103. The summed E-state index contributed by atoms with van der Waals surface area (Å²) >= 11 is 2.22. The first-order valence-corrected chi connectivity index (χ1v) is 12.6. The third kappa shape index (κ3) is 4.85. The highest BCUT2D eigenvalue weighted by Crippen LogP contribution is 2.54. The number of esters is 1.